The number of hydrogen-bond donors (Lipinski definition) is 1. The van der Waals surface area contributed by atoms with E-state index in [1.807, 2.05) is 20.8 Å². The second-order valence-corrected chi connectivity index (χ2v) is 11.0. The molecule has 1 N–H and O–H groups in total. The van der Waals surface area contributed by atoms with Crippen molar-refractivity contribution >= 4 is 17.9 Å². The van der Waals surface area contributed by atoms with Gasteiger partial charge in [-0.05, 0) is 35.5 Å². The van der Waals surface area contributed by atoms with Gasteiger partial charge < -0.3 is 19.3 Å². The minimum Gasteiger partial charge on any atom is -0.465 e. The Hall–Kier alpha value is -1.63. The van der Waals surface area contributed by atoms with Crippen LogP contribution in [-0.2, 0) is 28.6 Å². The Morgan fingerprint density at radius 3 is 1.11 bits per heavy atom. The van der Waals surface area contributed by atoms with E-state index in [2.05, 4.69) is 41.5 Å². The lowest BCUT2D eigenvalue weighted by molar-refractivity contribution is -0.179. The number of rotatable bonds is 20. The number of esters is 3. The van der Waals surface area contributed by atoms with Crippen LogP contribution in [0.4, 0.5) is 0 Å². The zero-order chi connectivity index (χ0) is 28.6. The number of carbonyl (C=O) groups is 3. The van der Waals surface area contributed by atoms with Gasteiger partial charge in [-0.15, -0.1) is 0 Å². The molecule has 0 saturated carbocycles. The summed E-state index contributed by atoms with van der Waals surface area (Å²) in [6.45, 7) is 19.1. The first-order chi connectivity index (χ1) is 17.4. The van der Waals surface area contributed by atoms with Crippen LogP contribution in [0.3, 0.4) is 0 Å². The maximum absolute atomic E-state index is 13.0. The molecule has 0 aliphatic rings. The Kier molecular flexibility index (Phi) is 17.8. The Balaban J connectivity index is 5.40. The number of ether oxygens (including phenoxy) is 3. The molecule has 0 aliphatic heterocycles. The van der Waals surface area contributed by atoms with Crippen molar-refractivity contribution in [3.63, 3.8) is 0 Å². The van der Waals surface area contributed by atoms with Crippen molar-refractivity contribution in [2.75, 3.05) is 19.8 Å². The van der Waals surface area contributed by atoms with Crippen molar-refractivity contribution < 1.29 is 33.7 Å². The summed E-state index contributed by atoms with van der Waals surface area (Å²) in [4.78, 5) is 38.4. The van der Waals surface area contributed by atoms with Crippen LogP contribution in [-0.4, -0.2) is 48.4 Å². The molecule has 0 heterocycles. The van der Waals surface area contributed by atoms with Crippen molar-refractivity contribution in [3.05, 3.63) is 0 Å². The van der Waals surface area contributed by atoms with E-state index >= 15 is 0 Å². The fourth-order valence-electron chi connectivity index (χ4n) is 5.27. The molecular weight excluding hydrogens is 472 g/mol. The third-order valence-electron chi connectivity index (χ3n) is 8.31. The fourth-order valence-corrected chi connectivity index (χ4v) is 5.27. The summed E-state index contributed by atoms with van der Waals surface area (Å²) in [6, 6.07) is 0. The second kappa shape index (κ2) is 18.6. The van der Waals surface area contributed by atoms with Crippen molar-refractivity contribution in [1.29, 1.82) is 0 Å². The molecule has 0 spiro atoms. The van der Waals surface area contributed by atoms with Gasteiger partial charge in [0.25, 0.3) is 0 Å². The van der Waals surface area contributed by atoms with E-state index in [1.54, 1.807) is 0 Å². The summed E-state index contributed by atoms with van der Waals surface area (Å²) in [5.74, 6) is -0.872. The Morgan fingerprint density at radius 2 is 0.838 bits per heavy atom. The summed E-state index contributed by atoms with van der Waals surface area (Å²) >= 11 is 0. The van der Waals surface area contributed by atoms with Crippen LogP contribution < -0.4 is 0 Å². The standard InChI is InChI=1S/C30H56O7/c1-10-24(11-2)21(7)18-35-27(31)16-30(34,29(33)37-20-23(9)26(14-5)15-6)17-28(32)36-19-22(8)25(12-3)13-4/h21-26,34H,10-20H2,1-9H3. The highest BCUT2D eigenvalue weighted by atomic mass is 16.6. The van der Waals surface area contributed by atoms with Gasteiger partial charge in [-0.3, -0.25) is 9.59 Å². The van der Waals surface area contributed by atoms with E-state index in [0.717, 1.165) is 38.5 Å². The van der Waals surface area contributed by atoms with Crippen LogP contribution in [0.2, 0.25) is 0 Å². The molecule has 0 aliphatic carbocycles. The van der Waals surface area contributed by atoms with Gasteiger partial charge in [-0.2, -0.15) is 0 Å². The largest absolute Gasteiger partial charge is 0.465 e. The van der Waals surface area contributed by atoms with E-state index in [-0.39, 0.29) is 37.6 Å². The van der Waals surface area contributed by atoms with Crippen molar-refractivity contribution in [1.82, 2.24) is 0 Å². The highest BCUT2D eigenvalue weighted by molar-refractivity contribution is 5.90. The van der Waals surface area contributed by atoms with Crippen LogP contribution >= 0.6 is 0 Å². The van der Waals surface area contributed by atoms with Gasteiger partial charge in [0.2, 0.25) is 0 Å². The molecule has 3 unspecified atom stereocenters. The monoisotopic (exact) mass is 528 g/mol. The molecule has 0 radical (unpaired) electrons. The summed E-state index contributed by atoms with van der Waals surface area (Å²) in [5, 5.41) is 11.2. The molecule has 0 rings (SSSR count). The zero-order valence-electron chi connectivity index (χ0n) is 25.1. The second-order valence-electron chi connectivity index (χ2n) is 11.0. The normalized spacial score (nSPS) is 15.8. The van der Waals surface area contributed by atoms with E-state index in [1.165, 1.54) is 0 Å². The number of aliphatic hydroxyl groups is 1. The number of hydrogen-bond acceptors (Lipinski definition) is 7. The van der Waals surface area contributed by atoms with Crippen LogP contribution in [0.5, 0.6) is 0 Å². The van der Waals surface area contributed by atoms with Crippen molar-refractivity contribution in [2.24, 2.45) is 35.5 Å². The van der Waals surface area contributed by atoms with Crippen LogP contribution in [0.25, 0.3) is 0 Å². The lowest BCUT2D eigenvalue weighted by Gasteiger charge is -2.28. The topological polar surface area (TPSA) is 99.1 Å². The van der Waals surface area contributed by atoms with Gasteiger partial charge >= 0.3 is 17.9 Å². The van der Waals surface area contributed by atoms with E-state index in [9.17, 15) is 19.5 Å². The van der Waals surface area contributed by atoms with Crippen molar-refractivity contribution in [2.45, 2.75) is 119 Å². The molecule has 0 saturated heterocycles. The average Bonchev–Trinajstić information content (AvgIpc) is 2.86. The maximum atomic E-state index is 13.0. The molecule has 0 bridgehead atoms. The molecule has 3 atom stereocenters. The third kappa shape index (κ3) is 12.6. The van der Waals surface area contributed by atoms with Crippen molar-refractivity contribution in [3.8, 4) is 0 Å². The fraction of sp³-hybridized carbons (Fsp3) is 0.900. The molecule has 218 valence electrons. The molecule has 0 aromatic carbocycles. The Labute approximate surface area is 226 Å². The molecule has 0 aromatic heterocycles. The van der Waals surface area contributed by atoms with Gasteiger partial charge in [-0.1, -0.05) is 101 Å². The van der Waals surface area contributed by atoms with Gasteiger partial charge in [-0.25, -0.2) is 4.79 Å². The summed E-state index contributed by atoms with van der Waals surface area (Å²) in [6.07, 6.45) is 4.48. The Morgan fingerprint density at radius 1 is 0.568 bits per heavy atom. The average molecular weight is 529 g/mol. The van der Waals surface area contributed by atoms with E-state index in [0.29, 0.717) is 17.8 Å². The lowest BCUT2D eigenvalue weighted by Crippen LogP contribution is -2.45. The smallest absolute Gasteiger partial charge is 0.339 e. The molecule has 37 heavy (non-hydrogen) atoms. The predicted molar refractivity (Wildman–Crippen MR) is 147 cm³/mol. The van der Waals surface area contributed by atoms with E-state index in [4.69, 9.17) is 14.2 Å². The molecule has 0 fully saturated rings. The summed E-state index contributed by atoms with van der Waals surface area (Å²) in [7, 11) is 0. The minimum atomic E-state index is -2.34. The minimum absolute atomic E-state index is 0.0869. The van der Waals surface area contributed by atoms with E-state index < -0.39 is 36.4 Å². The zero-order valence-corrected chi connectivity index (χ0v) is 25.1. The SMILES string of the molecule is CCC(CC)C(C)COC(=O)CC(O)(CC(=O)OCC(C)C(CC)CC)C(=O)OCC(C)C(CC)CC. The summed E-state index contributed by atoms with van der Waals surface area (Å²) in [5.41, 5.74) is -2.34. The first kappa shape index (κ1) is 35.4. The van der Waals surface area contributed by atoms with Gasteiger partial charge in [0.15, 0.2) is 5.60 Å². The third-order valence-corrected chi connectivity index (χ3v) is 8.31. The van der Waals surface area contributed by atoms with Crippen LogP contribution in [0, 0.1) is 35.5 Å². The molecule has 7 nitrogen and oxygen atoms in total. The van der Waals surface area contributed by atoms with Crippen LogP contribution in [0.1, 0.15) is 114 Å². The van der Waals surface area contributed by atoms with Crippen LogP contribution in [0.15, 0.2) is 0 Å². The van der Waals surface area contributed by atoms with Gasteiger partial charge in [0, 0.05) is 0 Å². The molecule has 7 heteroatoms. The predicted octanol–water partition coefficient (Wildman–Crippen LogP) is 6.34. The molecule has 0 aromatic rings. The van der Waals surface area contributed by atoms with Gasteiger partial charge in [0.1, 0.15) is 0 Å². The highest BCUT2D eigenvalue weighted by Crippen LogP contribution is 2.25. The highest BCUT2D eigenvalue weighted by Gasteiger charge is 2.44. The molecule has 0 amide bonds. The lowest BCUT2D eigenvalue weighted by atomic mass is 9.89. The maximum Gasteiger partial charge on any atom is 0.339 e. The first-order valence-corrected chi connectivity index (χ1v) is 14.6. The summed E-state index contributed by atoms with van der Waals surface area (Å²) < 4.78 is 16.3. The number of carbonyl (C=O) groups excluding carboxylic acids is 3. The quantitative estimate of drug-likeness (QED) is 0.145. The molecular formula is C30H56O7. The van der Waals surface area contributed by atoms with Gasteiger partial charge in [0.05, 0.1) is 32.7 Å². The first-order valence-electron chi connectivity index (χ1n) is 14.6. The Bertz CT molecular complexity index is 614.